The molecule has 4 rings (SSSR count). The van der Waals surface area contributed by atoms with Gasteiger partial charge < -0.3 is 0 Å². The number of carbonyl (C=O) groups is 1. The Bertz CT molecular complexity index is 1090. The summed E-state index contributed by atoms with van der Waals surface area (Å²) >= 11 is 0. The molecular formula is C27H21NOP+. The number of ketones is 1. The number of nitriles is 1. The highest BCUT2D eigenvalue weighted by Gasteiger charge is 2.47. The normalized spacial score (nSPS) is 10.9. The summed E-state index contributed by atoms with van der Waals surface area (Å²) < 4.78 is 0. The van der Waals surface area contributed by atoms with Gasteiger partial charge in [-0.25, -0.2) is 0 Å². The Kier molecular flexibility index (Phi) is 5.84. The molecule has 0 aliphatic heterocycles. The van der Waals surface area contributed by atoms with Crippen LogP contribution in [0.1, 0.15) is 15.9 Å². The van der Waals surface area contributed by atoms with Crippen molar-refractivity contribution >= 4 is 29.0 Å². The highest BCUT2D eigenvalue weighted by molar-refractivity contribution is 7.96. The Hall–Kier alpha value is -3.53. The molecule has 0 bridgehead atoms. The van der Waals surface area contributed by atoms with Crippen molar-refractivity contribution in [3.8, 4) is 6.07 Å². The maximum absolute atomic E-state index is 13.6. The van der Waals surface area contributed by atoms with Crippen LogP contribution in [-0.2, 0) is 0 Å². The summed E-state index contributed by atoms with van der Waals surface area (Å²) in [7, 11) is -2.26. The van der Waals surface area contributed by atoms with Gasteiger partial charge in [0, 0.05) is 5.56 Å². The Morgan fingerprint density at radius 3 is 1.47 bits per heavy atom. The largest absolute Gasteiger partial charge is 0.290 e. The lowest BCUT2D eigenvalue weighted by Crippen LogP contribution is -2.35. The molecule has 144 valence electrons. The van der Waals surface area contributed by atoms with Crippen molar-refractivity contribution in [1.29, 1.82) is 5.26 Å². The van der Waals surface area contributed by atoms with E-state index in [0.717, 1.165) is 15.9 Å². The summed E-state index contributed by atoms with van der Waals surface area (Å²) in [5.74, 6) is -0.00274. The van der Waals surface area contributed by atoms with E-state index < -0.39 is 7.26 Å². The zero-order valence-electron chi connectivity index (χ0n) is 16.5. The molecule has 0 spiro atoms. The molecule has 2 nitrogen and oxygen atoms in total. The van der Waals surface area contributed by atoms with Gasteiger partial charge in [0.25, 0.3) is 0 Å². The predicted octanol–water partition coefficient (Wildman–Crippen LogP) is 4.74. The Morgan fingerprint density at radius 2 is 1.03 bits per heavy atom. The molecule has 0 radical (unpaired) electrons. The number of rotatable bonds is 6. The molecule has 30 heavy (non-hydrogen) atoms. The molecule has 0 fully saturated rings. The van der Waals surface area contributed by atoms with Crippen LogP contribution in [0.2, 0.25) is 0 Å². The fraction of sp³-hybridized carbons (Fsp3) is 0.0370. The van der Waals surface area contributed by atoms with E-state index in [1.807, 2.05) is 60.7 Å². The summed E-state index contributed by atoms with van der Waals surface area (Å²) in [6.07, 6.45) is 0.337. The van der Waals surface area contributed by atoms with E-state index in [-0.39, 0.29) is 5.78 Å². The molecule has 4 aromatic carbocycles. The van der Waals surface area contributed by atoms with Crippen LogP contribution in [0.4, 0.5) is 0 Å². The second-order valence-corrected chi connectivity index (χ2v) is 10.5. The number of hydrogen-bond donors (Lipinski definition) is 0. The molecule has 0 N–H and O–H groups in total. The number of carbonyl (C=O) groups excluding carboxylic acids is 1. The van der Waals surface area contributed by atoms with E-state index in [2.05, 4.69) is 42.5 Å². The molecule has 0 aliphatic carbocycles. The number of benzene rings is 4. The van der Waals surface area contributed by atoms with Crippen LogP contribution >= 0.6 is 7.26 Å². The molecule has 0 aromatic heterocycles. The van der Waals surface area contributed by atoms with Gasteiger partial charge in [-0.15, -0.1) is 0 Å². The third-order valence-electron chi connectivity index (χ3n) is 5.32. The first-order valence-electron chi connectivity index (χ1n) is 9.83. The van der Waals surface area contributed by atoms with Crippen molar-refractivity contribution in [3.05, 3.63) is 126 Å². The third-order valence-corrected chi connectivity index (χ3v) is 9.62. The number of hydrogen-bond acceptors (Lipinski definition) is 2. The lowest BCUT2D eigenvalue weighted by molar-refractivity contribution is 0.102. The van der Waals surface area contributed by atoms with Gasteiger partial charge in [-0.2, -0.15) is 5.26 Å². The Labute approximate surface area is 177 Å². The number of nitrogens with zero attached hydrogens (tertiary/aromatic N) is 1. The van der Waals surface area contributed by atoms with Crippen molar-refractivity contribution in [2.24, 2.45) is 0 Å². The molecule has 4 aromatic rings. The fourth-order valence-electron chi connectivity index (χ4n) is 3.89. The van der Waals surface area contributed by atoms with E-state index in [4.69, 9.17) is 0 Å². The van der Waals surface area contributed by atoms with Crippen molar-refractivity contribution < 1.29 is 4.79 Å². The first kappa shape index (κ1) is 19.8. The minimum absolute atomic E-state index is 0.00274. The number of Topliss-reactive ketones (excluding diaryl/α,β-unsaturated/α-hetero) is 1. The van der Waals surface area contributed by atoms with Crippen molar-refractivity contribution in [1.82, 2.24) is 0 Å². The summed E-state index contributed by atoms with van der Waals surface area (Å²) in [5, 5.41) is 13.0. The van der Waals surface area contributed by atoms with Gasteiger partial charge in [0.05, 0.1) is 11.6 Å². The maximum Gasteiger partial charge on any atom is 0.202 e. The molecule has 0 heterocycles. The molecule has 0 unspecified atom stereocenters. The van der Waals surface area contributed by atoms with Crippen molar-refractivity contribution in [3.63, 3.8) is 0 Å². The minimum Gasteiger partial charge on any atom is -0.290 e. The summed E-state index contributed by atoms with van der Waals surface area (Å²) in [4.78, 5) is 13.6. The standard InChI is InChI=1S/C27H21NOP/c28-20-22-12-10-11-19-26(22)27(29)21-30(23-13-4-1-5-14-23,24-15-6-2-7-16-24)25-17-8-3-9-18-25/h1-19H,21H2/q+1. The van der Waals surface area contributed by atoms with Gasteiger partial charge >= 0.3 is 0 Å². The van der Waals surface area contributed by atoms with Crippen molar-refractivity contribution in [2.75, 3.05) is 6.16 Å². The highest BCUT2D eigenvalue weighted by Crippen LogP contribution is 2.55. The Morgan fingerprint density at radius 1 is 0.633 bits per heavy atom. The third kappa shape index (κ3) is 3.69. The van der Waals surface area contributed by atoms with Crippen molar-refractivity contribution in [2.45, 2.75) is 0 Å². The second kappa shape index (κ2) is 8.87. The van der Waals surface area contributed by atoms with Gasteiger partial charge in [0.15, 0.2) is 0 Å². The first-order valence-corrected chi connectivity index (χ1v) is 11.8. The lowest BCUT2D eigenvalue weighted by atomic mass is 10.1. The van der Waals surface area contributed by atoms with Gasteiger partial charge in [-0.05, 0) is 48.5 Å². The van der Waals surface area contributed by atoms with E-state index in [1.54, 1.807) is 18.2 Å². The van der Waals surface area contributed by atoms with Gasteiger partial charge in [-0.3, -0.25) is 4.79 Å². The highest BCUT2D eigenvalue weighted by atomic mass is 31.2. The summed E-state index contributed by atoms with van der Waals surface area (Å²) in [6.45, 7) is 0. The van der Waals surface area contributed by atoms with E-state index in [0.29, 0.717) is 17.3 Å². The van der Waals surface area contributed by atoms with Crippen LogP contribution in [0.5, 0.6) is 0 Å². The van der Waals surface area contributed by atoms with Crippen LogP contribution < -0.4 is 15.9 Å². The van der Waals surface area contributed by atoms with Crippen LogP contribution in [0.15, 0.2) is 115 Å². The van der Waals surface area contributed by atoms with E-state index >= 15 is 0 Å². The Balaban J connectivity index is 1.96. The quantitative estimate of drug-likeness (QED) is 0.343. The van der Waals surface area contributed by atoms with Crippen LogP contribution in [0, 0.1) is 11.3 Å². The molecule has 0 amide bonds. The summed E-state index contributed by atoms with van der Waals surface area (Å²) in [6, 6.07) is 40.2. The van der Waals surface area contributed by atoms with E-state index in [9.17, 15) is 10.1 Å². The molecule has 0 aliphatic rings. The SMILES string of the molecule is N#Cc1ccccc1C(=O)C[P+](c1ccccc1)(c1ccccc1)c1ccccc1. The van der Waals surface area contributed by atoms with Gasteiger partial charge in [-0.1, -0.05) is 66.7 Å². The smallest absolute Gasteiger partial charge is 0.202 e. The summed E-state index contributed by atoms with van der Waals surface area (Å²) in [5.41, 5.74) is 0.918. The first-order chi connectivity index (χ1) is 14.8. The van der Waals surface area contributed by atoms with E-state index in [1.165, 1.54) is 0 Å². The van der Waals surface area contributed by atoms with Crippen LogP contribution in [0.25, 0.3) is 0 Å². The zero-order chi connectivity index (χ0) is 20.8. The lowest BCUT2D eigenvalue weighted by Gasteiger charge is -2.27. The second-order valence-electron chi connectivity index (χ2n) is 7.06. The maximum atomic E-state index is 13.6. The molecular weight excluding hydrogens is 385 g/mol. The molecule has 0 saturated carbocycles. The molecule has 0 saturated heterocycles. The van der Waals surface area contributed by atoms with Crippen LogP contribution in [0.3, 0.4) is 0 Å². The van der Waals surface area contributed by atoms with Crippen LogP contribution in [-0.4, -0.2) is 11.9 Å². The van der Waals surface area contributed by atoms with Gasteiger partial charge in [0.2, 0.25) is 5.78 Å². The molecule has 3 heteroatoms. The average molecular weight is 406 g/mol. The topological polar surface area (TPSA) is 40.9 Å². The zero-order valence-corrected chi connectivity index (χ0v) is 17.4. The fourth-order valence-corrected chi connectivity index (χ4v) is 7.98. The van der Waals surface area contributed by atoms with Gasteiger partial charge in [0.1, 0.15) is 29.3 Å². The molecule has 0 atom stereocenters. The average Bonchev–Trinajstić information content (AvgIpc) is 2.84. The minimum atomic E-state index is -2.26. The monoisotopic (exact) mass is 406 g/mol. The predicted molar refractivity (Wildman–Crippen MR) is 126 cm³/mol.